The molecule has 4 heterocycles. The van der Waals surface area contributed by atoms with Crippen molar-refractivity contribution in [2.75, 3.05) is 18.9 Å². The maximum atomic E-state index is 12.9. The smallest absolute Gasteiger partial charge is 0.383 e. The molecule has 0 aliphatic carbocycles. The summed E-state index contributed by atoms with van der Waals surface area (Å²) < 4.78 is 36.9. The van der Waals surface area contributed by atoms with E-state index in [1.807, 2.05) is 19.1 Å². The highest BCUT2D eigenvalue weighted by Crippen LogP contribution is 2.57. The predicted molar refractivity (Wildman–Crippen MR) is 103 cm³/mol. The van der Waals surface area contributed by atoms with E-state index in [1.165, 1.54) is 10.6 Å². The van der Waals surface area contributed by atoms with E-state index in [0.29, 0.717) is 19.3 Å². The van der Waals surface area contributed by atoms with Crippen LogP contribution in [0.5, 0.6) is 0 Å². The Morgan fingerprint density at radius 1 is 1.34 bits per heavy atom. The zero-order valence-electron chi connectivity index (χ0n) is 16.0. The van der Waals surface area contributed by atoms with Crippen LogP contribution in [0.3, 0.4) is 0 Å². The van der Waals surface area contributed by atoms with Crippen molar-refractivity contribution in [3.05, 3.63) is 52.8 Å². The number of hydrogen-bond donors (Lipinski definition) is 1. The van der Waals surface area contributed by atoms with E-state index in [0.717, 1.165) is 5.56 Å². The van der Waals surface area contributed by atoms with Crippen LogP contribution in [0.25, 0.3) is 0 Å². The fourth-order valence-corrected chi connectivity index (χ4v) is 4.92. The summed E-state index contributed by atoms with van der Waals surface area (Å²) >= 11 is 0. The minimum absolute atomic E-state index is 0.000987. The normalized spacial score (nSPS) is 32.3. The Balaban J connectivity index is 1.39. The third-order valence-electron chi connectivity index (χ3n) is 4.99. The molecule has 2 fully saturated rings. The SMILES string of the molecule is C[C@@]1(COP2(=O)OCCC(c3ccncc3)O2)CC[C@H](n2ccc(N)nc2=O)O1. The molecule has 29 heavy (non-hydrogen) atoms. The zero-order chi connectivity index (χ0) is 20.5. The molecule has 2 saturated heterocycles. The van der Waals surface area contributed by atoms with Crippen LogP contribution in [0.4, 0.5) is 5.82 Å². The van der Waals surface area contributed by atoms with Crippen LogP contribution in [0, 0.1) is 0 Å². The van der Waals surface area contributed by atoms with E-state index >= 15 is 0 Å². The molecule has 0 spiro atoms. The Hall–Kier alpha value is -2.10. The summed E-state index contributed by atoms with van der Waals surface area (Å²) in [5.74, 6) is 0.156. The lowest BCUT2D eigenvalue weighted by Gasteiger charge is -2.31. The van der Waals surface area contributed by atoms with Gasteiger partial charge in [0.15, 0.2) is 0 Å². The lowest BCUT2D eigenvalue weighted by molar-refractivity contribution is -0.0926. The quantitative estimate of drug-likeness (QED) is 0.723. The summed E-state index contributed by atoms with van der Waals surface area (Å²) in [4.78, 5) is 19.7. The fourth-order valence-electron chi connectivity index (χ4n) is 3.42. The van der Waals surface area contributed by atoms with Gasteiger partial charge in [0.1, 0.15) is 12.0 Å². The molecule has 2 unspecified atom stereocenters. The van der Waals surface area contributed by atoms with Gasteiger partial charge in [0.2, 0.25) is 0 Å². The van der Waals surface area contributed by atoms with Gasteiger partial charge in [-0.25, -0.2) is 9.36 Å². The van der Waals surface area contributed by atoms with Crippen molar-refractivity contribution in [2.24, 2.45) is 0 Å². The number of hydrogen-bond acceptors (Lipinski definition) is 9. The largest absolute Gasteiger partial charge is 0.475 e. The van der Waals surface area contributed by atoms with Crippen molar-refractivity contribution in [1.82, 2.24) is 14.5 Å². The molecular weight excluding hydrogens is 399 g/mol. The lowest BCUT2D eigenvalue weighted by atomic mass is 10.0. The Bertz CT molecular complexity index is 970. The van der Waals surface area contributed by atoms with Crippen LogP contribution in [-0.2, 0) is 22.9 Å². The molecule has 0 radical (unpaired) electrons. The highest BCUT2D eigenvalue weighted by Gasteiger charge is 2.42. The van der Waals surface area contributed by atoms with Crippen LogP contribution in [0.1, 0.15) is 44.1 Å². The Morgan fingerprint density at radius 2 is 2.14 bits per heavy atom. The average Bonchev–Trinajstić information content (AvgIpc) is 3.10. The maximum absolute atomic E-state index is 12.9. The van der Waals surface area contributed by atoms with Crippen LogP contribution in [-0.4, -0.2) is 33.3 Å². The summed E-state index contributed by atoms with van der Waals surface area (Å²) in [5, 5.41) is 0. The molecule has 10 nitrogen and oxygen atoms in total. The van der Waals surface area contributed by atoms with Gasteiger partial charge in [0, 0.05) is 25.0 Å². The first-order valence-corrected chi connectivity index (χ1v) is 10.8. The van der Waals surface area contributed by atoms with Crippen LogP contribution in [0.2, 0.25) is 0 Å². The van der Waals surface area contributed by atoms with Crippen molar-refractivity contribution in [3.63, 3.8) is 0 Å². The molecule has 2 aromatic heterocycles. The van der Waals surface area contributed by atoms with Gasteiger partial charge in [-0.3, -0.25) is 23.1 Å². The molecule has 11 heteroatoms. The average molecular weight is 422 g/mol. The van der Waals surface area contributed by atoms with Crippen molar-refractivity contribution in [2.45, 2.75) is 44.1 Å². The summed E-state index contributed by atoms with van der Waals surface area (Å²) in [5.41, 5.74) is 5.17. The number of nitrogens with two attached hydrogens (primary N) is 1. The van der Waals surface area contributed by atoms with E-state index in [4.69, 9.17) is 24.0 Å². The first-order valence-electron chi connectivity index (χ1n) is 9.36. The lowest BCUT2D eigenvalue weighted by Crippen LogP contribution is -2.33. The van der Waals surface area contributed by atoms with E-state index in [1.54, 1.807) is 18.6 Å². The topological polar surface area (TPSA) is 128 Å². The number of rotatable bonds is 5. The molecule has 4 atom stereocenters. The molecule has 2 aliphatic rings. The minimum Gasteiger partial charge on any atom is -0.383 e. The molecule has 0 saturated carbocycles. The van der Waals surface area contributed by atoms with E-state index in [-0.39, 0.29) is 25.1 Å². The molecule has 2 aliphatic heterocycles. The van der Waals surface area contributed by atoms with E-state index < -0.39 is 25.3 Å². The second-order valence-corrected chi connectivity index (χ2v) is 8.94. The number of phosphoric ester groups is 1. The maximum Gasteiger partial charge on any atom is 0.475 e. The first-order chi connectivity index (χ1) is 13.9. The molecule has 2 aromatic rings. The second-order valence-electron chi connectivity index (χ2n) is 7.32. The van der Waals surface area contributed by atoms with E-state index in [2.05, 4.69) is 9.97 Å². The molecule has 0 amide bonds. The molecule has 2 N–H and O–H groups in total. The van der Waals surface area contributed by atoms with Gasteiger partial charge in [0.25, 0.3) is 0 Å². The monoisotopic (exact) mass is 422 g/mol. The molecule has 0 bridgehead atoms. The Morgan fingerprint density at radius 3 is 2.90 bits per heavy atom. The fraction of sp³-hybridized carbons (Fsp3) is 0.500. The number of ether oxygens (including phenoxy) is 1. The molecular formula is C18H23N4O6P. The number of nitrogens with zero attached hydrogens (tertiary/aromatic N) is 3. The van der Waals surface area contributed by atoms with Crippen LogP contribution < -0.4 is 11.4 Å². The van der Waals surface area contributed by atoms with Crippen LogP contribution in [0.15, 0.2) is 41.6 Å². The number of pyridine rings is 1. The van der Waals surface area contributed by atoms with Crippen molar-refractivity contribution >= 4 is 13.6 Å². The summed E-state index contributed by atoms with van der Waals surface area (Å²) in [6.07, 6.45) is 5.73. The van der Waals surface area contributed by atoms with Gasteiger partial charge in [-0.1, -0.05) is 0 Å². The zero-order valence-corrected chi connectivity index (χ0v) is 16.9. The van der Waals surface area contributed by atoms with Crippen molar-refractivity contribution in [1.29, 1.82) is 0 Å². The number of aromatic nitrogens is 3. The van der Waals surface area contributed by atoms with Gasteiger partial charge in [0.05, 0.1) is 24.9 Å². The van der Waals surface area contributed by atoms with Gasteiger partial charge in [-0.15, -0.1) is 0 Å². The van der Waals surface area contributed by atoms with Crippen LogP contribution >= 0.6 is 7.82 Å². The third-order valence-corrected chi connectivity index (χ3v) is 6.45. The minimum atomic E-state index is -3.74. The summed E-state index contributed by atoms with van der Waals surface area (Å²) in [6.45, 7) is 2.09. The van der Waals surface area contributed by atoms with Crippen molar-refractivity contribution < 1.29 is 22.9 Å². The van der Waals surface area contributed by atoms with E-state index in [9.17, 15) is 9.36 Å². The standard InChI is InChI=1S/C18H23N4O6P/c1-18(7-2-16(27-18)22-10-5-15(19)21-17(22)23)12-26-29(24)25-11-6-14(28-29)13-3-8-20-9-4-13/h3-5,8-10,14,16H,2,6-7,11-12H2,1H3,(H2,19,21,23)/t14?,16-,18+,29?/m1/s1. The third kappa shape index (κ3) is 4.57. The number of phosphoric acid groups is 1. The highest BCUT2D eigenvalue weighted by molar-refractivity contribution is 7.48. The highest BCUT2D eigenvalue weighted by atomic mass is 31.2. The Kier molecular flexibility index (Phi) is 5.54. The molecule has 4 rings (SSSR count). The molecule has 156 valence electrons. The van der Waals surface area contributed by atoms with Crippen molar-refractivity contribution in [3.8, 4) is 0 Å². The number of anilines is 1. The van der Waals surface area contributed by atoms with Gasteiger partial charge >= 0.3 is 13.5 Å². The van der Waals surface area contributed by atoms with Gasteiger partial charge in [-0.05, 0) is 43.5 Å². The van der Waals surface area contributed by atoms with Gasteiger partial charge in [-0.2, -0.15) is 4.98 Å². The number of nitrogen functional groups attached to an aromatic ring is 1. The Labute approximate surface area is 167 Å². The summed E-state index contributed by atoms with van der Waals surface area (Å²) in [7, 11) is -3.74. The second kappa shape index (κ2) is 7.97. The first kappa shape index (κ1) is 20.2. The summed E-state index contributed by atoms with van der Waals surface area (Å²) in [6, 6.07) is 5.16. The molecule has 0 aromatic carbocycles. The van der Waals surface area contributed by atoms with Gasteiger partial charge < -0.3 is 10.5 Å². The predicted octanol–water partition coefficient (Wildman–Crippen LogP) is 2.59.